The summed E-state index contributed by atoms with van der Waals surface area (Å²) in [5, 5.41) is 0. The monoisotopic (exact) mass is 255 g/mol. The molecule has 19 heavy (non-hydrogen) atoms. The Balaban J connectivity index is 2.38. The summed E-state index contributed by atoms with van der Waals surface area (Å²) in [6.45, 7) is 7.08. The lowest BCUT2D eigenvalue weighted by molar-refractivity contribution is 0.782. The molecule has 1 aromatic carbocycles. The first-order valence-corrected chi connectivity index (χ1v) is 6.72. The van der Waals surface area contributed by atoms with E-state index in [0.717, 1.165) is 24.4 Å². The third-order valence-corrected chi connectivity index (χ3v) is 3.43. The second-order valence-corrected chi connectivity index (χ2v) is 5.00. The Kier molecular flexibility index (Phi) is 4.27. The molecule has 0 bridgehead atoms. The molecule has 1 heterocycles. The Bertz CT molecular complexity index is 576. The van der Waals surface area contributed by atoms with Gasteiger partial charge in [0.2, 0.25) is 0 Å². The van der Waals surface area contributed by atoms with Crippen molar-refractivity contribution in [2.75, 3.05) is 6.54 Å². The fourth-order valence-electron chi connectivity index (χ4n) is 2.17. The van der Waals surface area contributed by atoms with Crippen LogP contribution in [0.1, 0.15) is 28.9 Å². The molecule has 0 radical (unpaired) electrons. The van der Waals surface area contributed by atoms with Crippen molar-refractivity contribution in [3.8, 4) is 11.3 Å². The molecule has 2 aromatic rings. The van der Waals surface area contributed by atoms with Gasteiger partial charge in [-0.3, -0.25) is 0 Å². The highest BCUT2D eigenvalue weighted by Crippen LogP contribution is 2.24. The minimum absolute atomic E-state index is 0.677. The predicted octanol–water partition coefficient (Wildman–Crippen LogP) is 2.96. The molecule has 0 unspecified atom stereocenters. The molecule has 0 atom stereocenters. The Labute approximate surface area is 114 Å². The van der Waals surface area contributed by atoms with Crippen molar-refractivity contribution in [2.24, 2.45) is 5.73 Å². The molecule has 0 aliphatic heterocycles. The average Bonchev–Trinajstić information content (AvgIpc) is 2.41. The molecule has 0 aliphatic rings. The van der Waals surface area contributed by atoms with Crippen LogP contribution in [-0.4, -0.2) is 16.5 Å². The molecule has 2 rings (SSSR count). The molecule has 1 aromatic heterocycles. The normalized spacial score (nSPS) is 10.7. The number of hydrogen-bond donors (Lipinski definition) is 1. The molecular formula is C16H21N3. The van der Waals surface area contributed by atoms with Crippen LogP contribution in [0, 0.1) is 20.8 Å². The van der Waals surface area contributed by atoms with Crippen molar-refractivity contribution >= 4 is 0 Å². The van der Waals surface area contributed by atoms with Gasteiger partial charge in [0.25, 0.3) is 0 Å². The summed E-state index contributed by atoms with van der Waals surface area (Å²) in [7, 11) is 0. The molecule has 100 valence electrons. The zero-order valence-electron chi connectivity index (χ0n) is 11.9. The van der Waals surface area contributed by atoms with Crippen molar-refractivity contribution in [1.29, 1.82) is 0 Å². The number of aryl methyl sites for hydroxylation is 4. The zero-order valence-corrected chi connectivity index (χ0v) is 11.9. The number of nitrogens with two attached hydrogens (primary N) is 1. The van der Waals surface area contributed by atoms with Crippen LogP contribution in [0.15, 0.2) is 24.4 Å². The van der Waals surface area contributed by atoms with Gasteiger partial charge in [0.1, 0.15) is 5.82 Å². The topological polar surface area (TPSA) is 51.8 Å². The smallest absolute Gasteiger partial charge is 0.128 e. The van der Waals surface area contributed by atoms with Gasteiger partial charge in [-0.05, 0) is 62.6 Å². The standard InChI is InChI=1S/C16H21N3/c1-11-9-13(3)14(10-12(11)2)15-6-8-18-16(19-15)5-4-7-17/h6,8-10H,4-5,7,17H2,1-3H3. The fraction of sp³-hybridized carbons (Fsp3) is 0.375. The molecule has 0 saturated carbocycles. The van der Waals surface area contributed by atoms with Gasteiger partial charge in [0, 0.05) is 18.2 Å². The van der Waals surface area contributed by atoms with E-state index in [1.165, 1.54) is 22.3 Å². The largest absolute Gasteiger partial charge is 0.330 e. The van der Waals surface area contributed by atoms with E-state index in [2.05, 4.69) is 42.9 Å². The van der Waals surface area contributed by atoms with Gasteiger partial charge in [-0.15, -0.1) is 0 Å². The van der Waals surface area contributed by atoms with Gasteiger partial charge in [0.15, 0.2) is 0 Å². The van der Waals surface area contributed by atoms with E-state index in [9.17, 15) is 0 Å². The van der Waals surface area contributed by atoms with E-state index in [1.807, 2.05) is 12.3 Å². The van der Waals surface area contributed by atoms with Crippen LogP contribution in [0.25, 0.3) is 11.3 Å². The second-order valence-electron chi connectivity index (χ2n) is 5.00. The summed E-state index contributed by atoms with van der Waals surface area (Å²) in [5.41, 5.74) is 11.6. The summed E-state index contributed by atoms with van der Waals surface area (Å²) < 4.78 is 0. The third kappa shape index (κ3) is 3.18. The van der Waals surface area contributed by atoms with Gasteiger partial charge in [-0.1, -0.05) is 6.07 Å². The number of hydrogen-bond acceptors (Lipinski definition) is 3. The lowest BCUT2D eigenvalue weighted by Crippen LogP contribution is -2.03. The van der Waals surface area contributed by atoms with E-state index in [-0.39, 0.29) is 0 Å². The molecule has 2 N–H and O–H groups in total. The highest BCUT2D eigenvalue weighted by molar-refractivity contribution is 5.65. The predicted molar refractivity (Wildman–Crippen MR) is 79.1 cm³/mol. The minimum Gasteiger partial charge on any atom is -0.330 e. The van der Waals surface area contributed by atoms with E-state index < -0.39 is 0 Å². The first-order chi connectivity index (χ1) is 9.11. The molecular weight excluding hydrogens is 234 g/mol. The summed E-state index contributed by atoms with van der Waals surface area (Å²) in [6, 6.07) is 6.40. The second kappa shape index (κ2) is 5.93. The van der Waals surface area contributed by atoms with E-state index >= 15 is 0 Å². The lowest BCUT2D eigenvalue weighted by Gasteiger charge is -2.10. The molecule has 3 nitrogen and oxygen atoms in total. The van der Waals surface area contributed by atoms with Crippen molar-refractivity contribution in [1.82, 2.24) is 9.97 Å². The number of nitrogens with zero attached hydrogens (tertiary/aromatic N) is 2. The molecule has 3 heteroatoms. The van der Waals surface area contributed by atoms with Crippen LogP contribution in [0.2, 0.25) is 0 Å². The molecule has 0 spiro atoms. The van der Waals surface area contributed by atoms with Crippen LogP contribution in [0.3, 0.4) is 0 Å². The number of benzene rings is 1. The highest BCUT2D eigenvalue weighted by atomic mass is 14.9. The minimum atomic E-state index is 0.677. The van der Waals surface area contributed by atoms with Crippen molar-refractivity contribution in [3.63, 3.8) is 0 Å². The zero-order chi connectivity index (χ0) is 13.8. The van der Waals surface area contributed by atoms with Crippen LogP contribution in [-0.2, 0) is 6.42 Å². The Morgan fingerprint density at radius 1 is 1.05 bits per heavy atom. The van der Waals surface area contributed by atoms with Crippen LogP contribution >= 0.6 is 0 Å². The van der Waals surface area contributed by atoms with Crippen LogP contribution in [0.4, 0.5) is 0 Å². The molecule has 0 saturated heterocycles. The van der Waals surface area contributed by atoms with E-state index in [1.54, 1.807) is 0 Å². The summed E-state index contributed by atoms with van der Waals surface area (Å²) >= 11 is 0. The van der Waals surface area contributed by atoms with E-state index in [0.29, 0.717) is 6.54 Å². The Morgan fingerprint density at radius 2 is 1.79 bits per heavy atom. The summed E-state index contributed by atoms with van der Waals surface area (Å²) in [5.74, 6) is 0.876. The van der Waals surface area contributed by atoms with Gasteiger partial charge >= 0.3 is 0 Å². The average molecular weight is 255 g/mol. The number of rotatable bonds is 4. The third-order valence-electron chi connectivity index (χ3n) is 3.43. The quantitative estimate of drug-likeness (QED) is 0.913. The summed E-state index contributed by atoms with van der Waals surface area (Å²) in [6.07, 6.45) is 3.60. The van der Waals surface area contributed by atoms with Crippen LogP contribution < -0.4 is 5.73 Å². The van der Waals surface area contributed by atoms with Crippen molar-refractivity contribution in [3.05, 3.63) is 46.9 Å². The molecule has 0 amide bonds. The Hall–Kier alpha value is -1.74. The molecule has 0 fully saturated rings. The number of aromatic nitrogens is 2. The van der Waals surface area contributed by atoms with Crippen LogP contribution in [0.5, 0.6) is 0 Å². The fourth-order valence-corrected chi connectivity index (χ4v) is 2.17. The lowest BCUT2D eigenvalue weighted by atomic mass is 9.98. The Morgan fingerprint density at radius 3 is 2.53 bits per heavy atom. The van der Waals surface area contributed by atoms with Gasteiger partial charge in [-0.2, -0.15) is 0 Å². The van der Waals surface area contributed by atoms with Gasteiger partial charge in [-0.25, -0.2) is 9.97 Å². The molecule has 0 aliphatic carbocycles. The maximum Gasteiger partial charge on any atom is 0.128 e. The SMILES string of the molecule is Cc1cc(C)c(-c2ccnc(CCCN)n2)cc1C. The van der Waals surface area contributed by atoms with Gasteiger partial charge in [0.05, 0.1) is 5.69 Å². The van der Waals surface area contributed by atoms with Gasteiger partial charge < -0.3 is 5.73 Å². The maximum atomic E-state index is 5.53. The first kappa shape index (κ1) is 13.7. The summed E-state index contributed by atoms with van der Waals surface area (Å²) in [4.78, 5) is 8.95. The highest BCUT2D eigenvalue weighted by Gasteiger charge is 2.07. The maximum absolute atomic E-state index is 5.53. The first-order valence-electron chi connectivity index (χ1n) is 6.72. The van der Waals surface area contributed by atoms with E-state index in [4.69, 9.17) is 5.73 Å². The van der Waals surface area contributed by atoms with Crippen molar-refractivity contribution < 1.29 is 0 Å². The van der Waals surface area contributed by atoms with Crippen molar-refractivity contribution in [2.45, 2.75) is 33.6 Å².